The summed E-state index contributed by atoms with van der Waals surface area (Å²) in [6.45, 7) is 2.01. The van der Waals surface area contributed by atoms with Gasteiger partial charge in [-0.3, -0.25) is 9.59 Å². The van der Waals surface area contributed by atoms with Crippen LogP contribution in [0.1, 0.15) is 5.76 Å². The molecule has 3 aromatic rings. The third kappa shape index (κ3) is 3.65. The molecule has 0 bridgehead atoms. The third-order valence-corrected chi connectivity index (χ3v) is 5.88. The standard InChI is InChI=1S/C20H21N5O4S/c1-12-13(8-9-28-12)18-22-23-20(24(18)3)30-11-17(26)25-10-16(19(27)21-2)29-15-7-5-4-6-14(15)25/h4-9,16H,10-11H2,1-3H3,(H,21,27). The van der Waals surface area contributed by atoms with E-state index in [0.717, 1.165) is 11.3 Å². The van der Waals surface area contributed by atoms with Gasteiger partial charge in [-0.2, -0.15) is 0 Å². The Morgan fingerprint density at radius 2 is 2.07 bits per heavy atom. The van der Waals surface area contributed by atoms with Crippen molar-refractivity contribution in [3.63, 3.8) is 0 Å². The van der Waals surface area contributed by atoms with Crippen LogP contribution in [0.25, 0.3) is 11.4 Å². The second kappa shape index (κ2) is 8.23. The summed E-state index contributed by atoms with van der Waals surface area (Å²) in [6, 6.07) is 9.03. The number of para-hydroxylation sites is 2. The number of likely N-dealkylation sites (N-methyl/N-ethyl adjacent to an activating group) is 1. The van der Waals surface area contributed by atoms with Crippen molar-refractivity contribution < 1.29 is 18.7 Å². The molecule has 1 atom stereocenters. The number of amides is 2. The van der Waals surface area contributed by atoms with Crippen LogP contribution >= 0.6 is 11.8 Å². The van der Waals surface area contributed by atoms with Gasteiger partial charge in [-0.1, -0.05) is 23.9 Å². The molecule has 0 saturated heterocycles. The number of nitrogens with one attached hydrogen (secondary N) is 1. The normalized spacial score (nSPS) is 15.4. The van der Waals surface area contributed by atoms with E-state index in [9.17, 15) is 9.59 Å². The Kier molecular flexibility index (Phi) is 5.49. The molecule has 1 aromatic carbocycles. The minimum Gasteiger partial charge on any atom is -0.477 e. The number of ether oxygens (including phenoxy) is 1. The number of hydrogen-bond donors (Lipinski definition) is 1. The Labute approximate surface area is 177 Å². The highest BCUT2D eigenvalue weighted by molar-refractivity contribution is 7.99. The lowest BCUT2D eigenvalue weighted by molar-refractivity contribution is -0.127. The summed E-state index contributed by atoms with van der Waals surface area (Å²) in [7, 11) is 3.39. The quantitative estimate of drug-likeness (QED) is 0.622. The van der Waals surface area contributed by atoms with E-state index in [-0.39, 0.29) is 24.1 Å². The van der Waals surface area contributed by atoms with Crippen molar-refractivity contribution in [2.24, 2.45) is 7.05 Å². The first-order valence-corrected chi connectivity index (χ1v) is 10.3. The molecule has 0 spiro atoms. The van der Waals surface area contributed by atoms with Crippen LogP contribution in [-0.4, -0.2) is 52.0 Å². The fraction of sp³-hybridized carbons (Fsp3) is 0.300. The highest BCUT2D eigenvalue weighted by Crippen LogP contribution is 2.34. The summed E-state index contributed by atoms with van der Waals surface area (Å²) in [5, 5.41) is 11.6. The molecule has 0 saturated carbocycles. The number of fused-ring (bicyclic) bond motifs is 1. The number of furan rings is 1. The molecule has 30 heavy (non-hydrogen) atoms. The summed E-state index contributed by atoms with van der Waals surface area (Å²) < 4.78 is 12.9. The summed E-state index contributed by atoms with van der Waals surface area (Å²) in [4.78, 5) is 26.7. The Hall–Kier alpha value is -3.27. The molecule has 1 aliphatic heterocycles. The number of aryl methyl sites for hydroxylation is 1. The highest BCUT2D eigenvalue weighted by Gasteiger charge is 2.33. The van der Waals surface area contributed by atoms with Crippen LogP contribution in [0.15, 0.2) is 46.2 Å². The number of anilines is 1. The van der Waals surface area contributed by atoms with Gasteiger partial charge in [0.1, 0.15) is 11.5 Å². The zero-order chi connectivity index (χ0) is 21.3. The van der Waals surface area contributed by atoms with Crippen LogP contribution in [0.4, 0.5) is 5.69 Å². The molecule has 2 aromatic heterocycles. The van der Waals surface area contributed by atoms with Gasteiger partial charge in [-0.25, -0.2) is 0 Å². The van der Waals surface area contributed by atoms with Gasteiger partial charge in [0.2, 0.25) is 5.91 Å². The first-order valence-electron chi connectivity index (χ1n) is 9.34. The molecule has 3 heterocycles. The number of nitrogens with zero attached hydrogens (tertiary/aromatic N) is 4. The fourth-order valence-electron chi connectivity index (χ4n) is 3.26. The van der Waals surface area contributed by atoms with Crippen LogP contribution in [-0.2, 0) is 16.6 Å². The first-order chi connectivity index (χ1) is 14.5. The number of thioether (sulfide) groups is 1. The van der Waals surface area contributed by atoms with Crippen molar-refractivity contribution in [1.82, 2.24) is 20.1 Å². The molecule has 1 unspecified atom stereocenters. The maximum atomic E-state index is 13.0. The topological polar surface area (TPSA) is 102 Å². The van der Waals surface area contributed by atoms with Crippen LogP contribution in [0.5, 0.6) is 5.75 Å². The van der Waals surface area contributed by atoms with Crippen molar-refractivity contribution in [3.05, 3.63) is 42.4 Å². The van der Waals surface area contributed by atoms with E-state index in [1.807, 2.05) is 30.7 Å². The average Bonchev–Trinajstić information content (AvgIpc) is 3.35. The Balaban J connectivity index is 1.51. The second-order valence-corrected chi connectivity index (χ2v) is 7.68. The van der Waals surface area contributed by atoms with Crippen LogP contribution < -0.4 is 15.0 Å². The van der Waals surface area contributed by atoms with Crippen molar-refractivity contribution >= 4 is 29.3 Å². The monoisotopic (exact) mass is 427 g/mol. The van der Waals surface area contributed by atoms with Gasteiger partial charge in [0, 0.05) is 14.1 Å². The number of aromatic nitrogens is 3. The number of hydrogen-bond acceptors (Lipinski definition) is 7. The fourth-order valence-corrected chi connectivity index (χ4v) is 4.05. The van der Waals surface area contributed by atoms with Gasteiger partial charge in [0.25, 0.3) is 5.91 Å². The molecular formula is C20H21N5O4S. The Morgan fingerprint density at radius 3 is 2.80 bits per heavy atom. The zero-order valence-electron chi connectivity index (χ0n) is 16.8. The molecule has 156 valence electrons. The largest absolute Gasteiger partial charge is 0.477 e. The van der Waals surface area contributed by atoms with Crippen LogP contribution in [0.3, 0.4) is 0 Å². The highest BCUT2D eigenvalue weighted by atomic mass is 32.2. The Bertz CT molecular complexity index is 1090. The predicted octanol–water partition coefficient (Wildman–Crippen LogP) is 2.02. The van der Waals surface area contributed by atoms with Gasteiger partial charge in [0.05, 0.1) is 29.8 Å². The lowest BCUT2D eigenvalue weighted by atomic mass is 10.2. The second-order valence-electron chi connectivity index (χ2n) is 6.74. The minimum absolute atomic E-state index is 0.144. The molecule has 1 N–H and O–H groups in total. The van der Waals surface area contributed by atoms with Crippen molar-refractivity contribution in [3.8, 4) is 17.1 Å². The Morgan fingerprint density at radius 1 is 1.27 bits per heavy atom. The maximum Gasteiger partial charge on any atom is 0.262 e. The molecule has 2 amide bonds. The third-order valence-electron chi connectivity index (χ3n) is 4.87. The van der Waals surface area contributed by atoms with E-state index in [1.165, 1.54) is 11.8 Å². The van der Waals surface area contributed by atoms with Gasteiger partial charge in [-0.15, -0.1) is 10.2 Å². The summed E-state index contributed by atoms with van der Waals surface area (Å²) in [6.07, 6.45) is 0.846. The van der Waals surface area contributed by atoms with Crippen molar-refractivity contribution in [1.29, 1.82) is 0 Å². The van der Waals surface area contributed by atoms with E-state index in [0.29, 0.717) is 22.4 Å². The number of benzene rings is 1. The van der Waals surface area contributed by atoms with E-state index in [1.54, 1.807) is 36.4 Å². The SMILES string of the molecule is CNC(=O)C1CN(C(=O)CSc2nnc(-c3ccoc3C)n2C)c2ccccc2O1. The molecule has 9 nitrogen and oxygen atoms in total. The van der Waals surface area contributed by atoms with E-state index >= 15 is 0 Å². The molecule has 1 aliphatic rings. The van der Waals surface area contributed by atoms with Crippen molar-refractivity contribution in [2.75, 3.05) is 24.2 Å². The van der Waals surface area contributed by atoms with E-state index in [4.69, 9.17) is 9.15 Å². The van der Waals surface area contributed by atoms with E-state index < -0.39 is 6.10 Å². The van der Waals surface area contributed by atoms with Gasteiger partial charge < -0.3 is 23.9 Å². The molecule has 10 heteroatoms. The zero-order valence-corrected chi connectivity index (χ0v) is 17.6. The summed E-state index contributed by atoms with van der Waals surface area (Å²) >= 11 is 1.29. The maximum absolute atomic E-state index is 13.0. The van der Waals surface area contributed by atoms with Gasteiger partial charge in [0.15, 0.2) is 17.1 Å². The lowest BCUT2D eigenvalue weighted by Gasteiger charge is -2.33. The minimum atomic E-state index is -0.760. The smallest absolute Gasteiger partial charge is 0.262 e. The molecule has 0 fully saturated rings. The number of carbonyl (C=O) groups is 2. The first kappa shape index (κ1) is 20.0. The molecule has 0 radical (unpaired) electrons. The summed E-state index contributed by atoms with van der Waals surface area (Å²) in [5.41, 5.74) is 1.51. The molecular weight excluding hydrogens is 406 g/mol. The average molecular weight is 427 g/mol. The summed E-state index contributed by atoms with van der Waals surface area (Å²) in [5.74, 6) is 1.66. The molecule has 4 rings (SSSR count). The predicted molar refractivity (Wildman–Crippen MR) is 111 cm³/mol. The van der Waals surface area contributed by atoms with Gasteiger partial charge in [-0.05, 0) is 25.1 Å². The van der Waals surface area contributed by atoms with Gasteiger partial charge >= 0.3 is 0 Å². The van der Waals surface area contributed by atoms with E-state index in [2.05, 4.69) is 15.5 Å². The number of carbonyl (C=O) groups excluding carboxylic acids is 2. The van der Waals surface area contributed by atoms with Crippen LogP contribution in [0, 0.1) is 6.92 Å². The number of rotatable bonds is 5. The lowest BCUT2D eigenvalue weighted by Crippen LogP contribution is -2.50. The molecule has 0 aliphatic carbocycles. The van der Waals surface area contributed by atoms with Crippen molar-refractivity contribution in [2.45, 2.75) is 18.2 Å². The van der Waals surface area contributed by atoms with Crippen LogP contribution in [0.2, 0.25) is 0 Å².